The fourth-order valence-electron chi connectivity index (χ4n) is 3.81. The summed E-state index contributed by atoms with van der Waals surface area (Å²) < 4.78 is 70.7. The molecule has 0 aromatic heterocycles. The lowest BCUT2D eigenvalue weighted by Crippen LogP contribution is -2.63. The first-order valence-corrected chi connectivity index (χ1v) is 14.6. The molecule has 17 heteroatoms. The molecule has 1 aromatic carbocycles. The van der Waals surface area contributed by atoms with Crippen LogP contribution in [-0.4, -0.2) is 94.7 Å². The van der Waals surface area contributed by atoms with Gasteiger partial charge in [-0.3, -0.25) is 24.0 Å². The summed E-state index contributed by atoms with van der Waals surface area (Å²) in [5, 5.41) is 0. The second kappa shape index (κ2) is 16.0. The highest BCUT2D eigenvalue weighted by atomic mass is 32.2. The van der Waals surface area contributed by atoms with E-state index in [0.717, 1.165) is 40.9 Å². The molecule has 16 nitrogen and oxygen atoms in total. The summed E-state index contributed by atoms with van der Waals surface area (Å²) in [6.07, 6.45) is -7.42. The summed E-state index contributed by atoms with van der Waals surface area (Å²) in [6.45, 7) is 5.06. The van der Waals surface area contributed by atoms with E-state index < -0.39 is 83.6 Å². The lowest BCUT2D eigenvalue weighted by Gasteiger charge is -2.43. The maximum Gasteiger partial charge on any atom is 0.304 e. The molecule has 1 aliphatic rings. The van der Waals surface area contributed by atoms with Crippen LogP contribution in [0, 0.1) is 0 Å². The van der Waals surface area contributed by atoms with Gasteiger partial charge in [-0.15, -0.1) is 0 Å². The molecule has 6 atom stereocenters. The SMILES string of the molecule is CC(=O)OC[C@H]1O[C@H](Oc2ccc(OCCC(OC(C)=O)OS(C)(=O)=O)cc2)[C@H](OC(C)=O)[C@@H](OC(C)=O)[C@@H]1OC(C)=O. The van der Waals surface area contributed by atoms with Gasteiger partial charge in [-0.2, -0.15) is 8.42 Å². The van der Waals surface area contributed by atoms with Crippen LogP contribution in [-0.2, 0) is 66.7 Å². The zero-order valence-electron chi connectivity index (χ0n) is 24.3. The van der Waals surface area contributed by atoms with Crippen molar-refractivity contribution in [2.24, 2.45) is 0 Å². The number of ether oxygens (including phenoxy) is 8. The molecule has 1 heterocycles. The molecule has 0 radical (unpaired) electrons. The van der Waals surface area contributed by atoms with E-state index >= 15 is 0 Å². The topological polar surface area (TPSA) is 203 Å². The number of rotatable bonds is 14. The number of carbonyl (C=O) groups excluding carboxylic acids is 5. The second-order valence-corrected chi connectivity index (χ2v) is 10.7. The molecule has 1 unspecified atom stereocenters. The van der Waals surface area contributed by atoms with E-state index in [4.69, 9.17) is 42.1 Å². The fraction of sp³-hybridized carbons (Fsp3) is 0.577. The van der Waals surface area contributed by atoms with E-state index in [-0.39, 0.29) is 18.8 Å². The second-order valence-electron chi connectivity index (χ2n) is 9.13. The highest BCUT2D eigenvalue weighted by Gasteiger charge is 2.53. The Morgan fingerprint density at radius 2 is 1.30 bits per heavy atom. The van der Waals surface area contributed by atoms with Crippen molar-refractivity contribution in [2.45, 2.75) is 78.0 Å². The number of benzene rings is 1. The van der Waals surface area contributed by atoms with Gasteiger partial charge in [0, 0.05) is 41.0 Å². The van der Waals surface area contributed by atoms with Gasteiger partial charge in [0.15, 0.2) is 12.2 Å². The Balaban J connectivity index is 2.23. The summed E-state index contributed by atoms with van der Waals surface area (Å²) in [4.78, 5) is 58.5. The molecule has 2 rings (SSSR count). The summed E-state index contributed by atoms with van der Waals surface area (Å²) in [5.41, 5.74) is 0. The van der Waals surface area contributed by atoms with Crippen LogP contribution >= 0.6 is 0 Å². The van der Waals surface area contributed by atoms with Crippen LogP contribution in [0.15, 0.2) is 24.3 Å². The van der Waals surface area contributed by atoms with E-state index in [1.807, 2.05) is 0 Å². The maximum atomic E-state index is 12.0. The average molecular weight is 635 g/mol. The third kappa shape index (κ3) is 12.8. The van der Waals surface area contributed by atoms with Crippen molar-refractivity contribution in [1.82, 2.24) is 0 Å². The van der Waals surface area contributed by atoms with E-state index in [9.17, 15) is 32.4 Å². The van der Waals surface area contributed by atoms with Crippen molar-refractivity contribution >= 4 is 40.0 Å². The summed E-state index contributed by atoms with van der Waals surface area (Å²) in [6, 6.07) is 5.89. The van der Waals surface area contributed by atoms with Crippen LogP contribution in [0.2, 0.25) is 0 Å². The minimum Gasteiger partial charge on any atom is -0.493 e. The van der Waals surface area contributed by atoms with Gasteiger partial charge in [0.25, 0.3) is 10.1 Å². The predicted molar refractivity (Wildman–Crippen MR) is 141 cm³/mol. The number of esters is 5. The molecule has 0 amide bonds. The largest absolute Gasteiger partial charge is 0.493 e. The Kier molecular flexibility index (Phi) is 13.1. The summed E-state index contributed by atoms with van der Waals surface area (Å²) in [7, 11) is -3.90. The lowest BCUT2D eigenvalue weighted by atomic mass is 9.98. The van der Waals surface area contributed by atoms with E-state index in [2.05, 4.69) is 0 Å². The maximum absolute atomic E-state index is 12.0. The first-order valence-electron chi connectivity index (χ1n) is 12.8. The molecule has 1 saturated heterocycles. The third-order valence-corrected chi connectivity index (χ3v) is 5.79. The van der Waals surface area contributed by atoms with Gasteiger partial charge in [0.1, 0.15) is 24.2 Å². The molecular formula is C26H34O16S. The number of hydrogen-bond donors (Lipinski definition) is 0. The Morgan fingerprint density at radius 1 is 0.767 bits per heavy atom. The van der Waals surface area contributed by atoms with Crippen LogP contribution < -0.4 is 9.47 Å². The zero-order valence-corrected chi connectivity index (χ0v) is 25.2. The van der Waals surface area contributed by atoms with E-state index in [1.54, 1.807) is 0 Å². The highest BCUT2D eigenvalue weighted by Crippen LogP contribution is 2.31. The summed E-state index contributed by atoms with van der Waals surface area (Å²) >= 11 is 0. The molecular weight excluding hydrogens is 600 g/mol. The Hall–Kier alpha value is -3.96. The Labute approximate surface area is 247 Å². The molecule has 0 spiro atoms. The number of hydrogen-bond acceptors (Lipinski definition) is 16. The smallest absolute Gasteiger partial charge is 0.304 e. The first-order chi connectivity index (χ1) is 20.0. The molecule has 1 fully saturated rings. The minimum absolute atomic E-state index is 0.0899. The van der Waals surface area contributed by atoms with Gasteiger partial charge in [-0.05, 0) is 24.3 Å². The van der Waals surface area contributed by atoms with E-state index in [1.165, 1.54) is 24.3 Å². The lowest BCUT2D eigenvalue weighted by molar-refractivity contribution is -0.288. The first kappa shape index (κ1) is 35.2. The standard InChI is InChI=1S/C26H34O16S/c1-14(27)35-13-21-23(37-16(3)29)24(38-17(4)30)25(39-18(5)31)26(41-21)40-20-9-7-19(8-10-20)34-12-11-22(36-15(2)28)42-43(6,32)33/h7-10,21-26H,11-13H2,1-6H3/t21-,22?,23-,24+,25-,26+/m1/s1. The van der Waals surface area contributed by atoms with Crippen LogP contribution in [0.1, 0.15) is 41.0 Å². The molecule has 0 aliphatic carbocycles. The molecule has 240 valence electrons. The fourth-order valence-corrected chi connectivity index (χ4v) is 4.34. The van der Waals surface area contributed by atoms with Gasteiger partial charge >= 0.3 is 29.8 Å². The van der Waals surface area contributed by atoms with Crippen LogP contribution in [0.3, 0.4) is 0 Å². The van der Waals surface area contributed by atoms with Crippen molar-refractivity contribution in [3.05, 3.63) is 24.3 Å². The van der Waals surface area contributed by atoms with Crippen LogP contribution in [0.4, 0.5) is 0 Å². The number of carbonyl (C=O) groups is 5. The van der Waals surface area contributed by atoms with Gasteiger partial charge in [0.05, 0.1) is 12.9 Å². The molecule has 0 bridgehead atoms. The van der Waals surface area contributed by atoms with Gasteiger partial charge in [-0.1, -0.05) is 0 Å². The highest BCUT2D eigenvalue weighted by molar-refractivity contribution is 7.86. The van der Waals surface area contributed by atoms with Crippen molar-refractivity contribution in [2.75, 3.05) is 19.5 Å². The van der Waals surface area contributed by atoms with Crippen molar-refractivity contribution < 1.29 is 74.5 Å². The van der Waals surface area contributed by atoms with Crippen molar-refractivity contribution in [1.29, 1.82) is 0 Å². The predicted octanol–water partition coefficient (Wildman–Crippen LogP) is 0.783. The average Bonchev–Trinajstić information content (AvgIpc) is 2.85. The molecule has 1 aromatic rings. The van der Waals surface area contributed by atoms with Crippen molar-refractivity contribution in [3.63, 3.8) is 0 Å². The minimum atomic E-state index is -3.90. The van der Waals surface area contributed by atoms with Gasteiger partial charge in [0.2, 0.25) is 18.7 Å². The molecule has 0 saturated carbocycles. The Bertz CT molecular complexity index is 1240. The van der Waals surface area contributed by atoms with Crippen molar-refractivity contribution in [3.8, 4) is 11.5 Å². The quantitative estimate of drug-likeness (QED) is 0.120. The van der Waals surface area contributed by atoms with Gasteiger partial charge in [-0.25, -0.2) is 4.18 Å². The normalized spacial score (nSPS) is 22.3. The molecule has 0 N–H and O–H groups in total. The van der Waals surface area contributed by atoms with Crippen LogP contribution in [0.25, 0.3) is 0 Å². The van der Waals surface area contributed by atoms with E-state index in [0.29, 0.717) is 5.75 Å². The van der Waals surface area contributed by atoms with Crippen LogP contribution in [0.5, 0.6) is 11.5 Å². The van der Waals surface area contributed by atoms with Gasteiger partial charge < -0.3 is 37.9 Å². The summed E-state index contributed by atoms with van der Waals surface area (Å²) in [5.74, 6) is -3.25. The third-order valence-electron chi connectivity index (χ3n) is 5.23. The zero-order chi connectivity index (χ0) is 32.3. The molecule has 43 heavy (non-hydrogen) atoms. The molecule has 1 aliphatic heterocycles. The monoisotopic (exact) mass is 634 g/mol. The Morgan fingerprint density at radius 3 is 1.81 bits per heavy atom.